The van der Waals surface area contributed by atoms with Gasteiger partial charge in [-0.15, -0.1) is 24.0 Å². The predicted octanol–water partition coefficient (Wildman–Crippen LogP) is 2.39. The molecule has 2 N–H and O–H groups in total. The number of hydrogen-bond acceptors (Lipinski definition) is 4. The largest absolute Gasteiger partial charge is 0.487 e. The van der Waals surface area contributed by atoms with Gasteiger partial charge in [-0.3, -0.25) is 4.79 Å². The van der Waals surface area contributed by atoms with Gasteiger partial charge in [0, 0.05) is 27.7 Å². The Hall–Kier alpha value is -1.26. The molecule has 27 heavy (non-hydrogen) atoms. The summed E-state index contributed by atoms with van der Waals surface area (Å²) in [6, 6.07) is 7.38. The van der Waals surface area contributed by atoms with E-state index in [4.69, 9.17) is 21.1 Å². The van der Waals surface area contributed by atoms with Crippen LogP contribution in [0.5, 0.6) is 5.75 Å². The lowest BCUT2D eigenvalue weighted by Crippen LogP contribution is -2.44. The highest BCUT2D eigenvalue weighted by atomic mass is 127. The number of methoxy groups -OCH3 is 1. The Morgan fingerprint density at radius 2 is 2.00 bits per heavy atom. The molecule has 0 aliphatic heterocycles. The van der Waals surface area contributed by atoms with Crippen molar-refractivity contribution in [2.45, 2.75) is 19.4 Å². The maximum Gasteiger partial charge on any atom is 0.243 e. The standard InChI is InChI=1S/C18H29ClN4O3.HI/c1-5-14(26-16-9-7-6-8-15(16)19)12-21-18(20-10-11-25-4)22-13-17(24)23(2)3;/h6-9,14H,5,10-13H2,1-4H3,(H2,20,21,22);1H. The molecule has 0 saturated carbocycles. The number of benzene rings is 1. The molecule has 0 spiro atoms. The average Bonchev–Trinajstić information content (AvgIpc) is 2.63. The second-order valence-corrected chi connectivity index (χ2v) is 6.24. The minimum Gasteiger partial charge on any atom is -0.487 e. The summed E-state index contributed by atoms with van der Waals surface area (Å²) in [5, 5.41) is 6.92. The third-order valence-electron chi connectivity index (χ3n) is 3.55. The summed E-state index contributed by atoms with van der Waals surface area (Å²) in [6.45, 7) is 3.75. The van der Waals surface area contributed by atoms with Crippen LogP contribution in [0.1, 0.15) is 13.3 Å². The number of nitrogens with one attached hydrogen (secondary N) is 2. The fraction of sp³-hybridized carbons (Fsp3) is 0.556. The summed E-state index contributed by atoms with van der Waals surface area (Å²) in [7, 11) is 5.04. The normalized spacial score (nSPS) is 12.0. The molecule has 154 valence electrons. The molecule has 1 amide bonds. The van der Waals surface area contributed by atoms with Crippen molar-refractivity contribution in [2.75, 3.05) is 47.4 Å². The first-order valence-electron chi connectivity index (χ1n) is 8.60. The van der Waals surface area contributed by atoms with Crippen molar-refractivity contribution in [3.63, 3.8) is 0 Å². The molecule has 0 bridgehead atoms. The lowest BCUT2D eigenvalue weighted by atomic mass is 10.2. The Labute approximate surface area is 183 Å². The molecule has 7 nitrogen and oxygen atoms in total. The first-order chi connectivity index (χ1) is 12.5. The van der Waals surface area contributed by atoms with Gasteiger partial charge in [0.2, 0.25) is 5.91 Å². The zero-order valence-corrected chi connectivity index (χ0v) is 19.4. The topological polar surface area (TPSA) is 75.2 Å². The molecule has 0 saturated heterocycles. The van der Waals surface area contributed by atoms with Crippen molar-refractivity contribution in [2.24, 2.45) is 4.99 Å². The van der Waals surface area contributed by atoms with Gasteiger partial charge >= 0.3 is 0 Å². The molecule has 0 aromatic heterocycles. The molecule has 0 aliphatic carbocycles. The summed E-state index contributed by atoms with van der Waals surface area (Å²) in [5.41, 5.74) is 0. The number of halogens is 2. The van der Waals surface area contributed by atoms with E-state index in [1.165, 1.54) is 4.90 Å². The number of aliphatic imine (C=N–C) groups is 1. The highest BCUT2D eigenvalue weighted by Crippen LogP contribution is 2.24. The van der Waals surface area contributed by atoms with Crippen LogP contribution in [0.15, 0.2) is 29.3 Å². The van der Waals surface area contributed by atoms with E-state index in [1.54, 1.807) is 27.3 Å². The smallest absolute Gasteiger partial charge is 0.243 e. The van der Waals surface area contributed by atoms with E-state index in [-0.39, 0.29) is 42.5 Å². The third-order valence-corrected chi connectivity index (χ3v) is 3.86. The zero-order valence-electron chi connectivity index (χ0n) is 16.3. The number of amides is 1. The number of likely N-dealkylation sites (N-methyl/N-ethyl adjacent to an activating group) is 1. The van der Waals surface area contributed by atoms with Gasteiger partial charge in [0.1, 0.15) is 18.4 Å². The molecule has 1 atom stereocenters. The van der Waals surface area contributed by atoms with E-state index in [0.717, 1.165) is 6.42 Å². The van der Waals surface area contributed by atoms with E-state index < -0.39 is 0 Å². The van der Waals surface area contributed by atoms with Crippen molar-refractivity contribution in [1.82, 2.24) is 15.5 Å². The number of carbonyl (C=O) groups excluding carboxylic acids is 1. The Balaban J connectivity index is 0.00000676. The molecule has 1 rings (SSSR count). The summed E-state index contributed by atoms with van der Waals surface area (Å²) < 4.78 is 11.0. The number of guanidine groups is 1. The van der Waals surface area contributed by atoms with Crippen LogP contribution in [0.3, 0.4) is 0 Å². The van der Waals surface area contributed by atoms with Gasteiger partial charge in [0.15, 0.2) is 5.96 Å². The van der Waals surface area contributed by atoms with Crippen molar-refractivity contribution in [1.29, 1.82) is 0 Å². The van der Waals surface area contributed by atoms with Crippen LogP contribution in [0, 0.1) is 0 Å². The second kappa shape index (κ2) is 14.8. The number of rotatable bonds is 10. The summed E-state index contributed by atoms with van der Waals surface area (Å²) >= 11 is 6.15. The van der Waals surface area contributed by atoms with Crippen LogP contribution in [-0.2, 0) is 9.53 Å². The monoisotopic (exact) mass is 512 g/mol. The molecule has 1 unspecified atom stereocenters. The van der Waals surface area contributed by atoms with Crippen LogP contribution >= 0.6 is 35.6 Å². The number of nitrogens with zero attached hydrogens (tertiary/aromatic N) is 2. The fourth-order valence-electron chi connectivity index (χ4n) is 1.93. The second-order valence-electron chi connectivity index (χ2n) is 5.83. The van der Waals surface area contributed by atoms with Crippen LogP contribution in [0.4, 0.5) is 0 Å². The molecule has 1 aromatic rings. The molecule has 0 radical (unpaired) electrons. The SMILES string of the molecule is CCC(CNC(=NCC(=O)N(C)C)NCCOC)Oc1ccccc1Cl.I. The van der Waals surface area contributed by atoms with Crippen LogP contribution in [0.25, 0.3) is 0 Å². The molecule has 9 heteroatoms. The van der Waals surface area contributed by atoms with E-state index >= 15 is 0 Å². The minimum absolute atomic E-state index is 0. The van der Waals surface area contributed by atoms with Crippen molar-refractivity contribution in [3.05, 3.63) is 29.3 Å². The highest BCUT2D eigenvalue weighted by Gasteiger charge is 2.12. The lowest BCUT2D eigenvalue weighted by Gasteiger charge is -2.21. The van der Waals surface area contributed by atoms with Crippen LogP contribution < -0.4 is 15.4 Å². The van der Waals surface area contributed by atoms with Gasteiger partial charge in [-0.25, -0.2) is 4.99 Å². The van der Waals surface area contributed by atoms with E-state index in [0.29, 0.717) is 36.4 Å². The third kappa shape index (κ3) is 10.6. The number of para-hydroxylation sites is 1. The summed E-state index contributed by atoms with van der Waals surface area (Å²) in [4.78, 5) is 17.6. The Bertz CT molecular complexity index is 587. The van der Waals surface area contributed by atoms with Gasteiger partial charge in [0.25, 0.3) is 0 Å². The first-order valence-corrected chi connectivity index (χ1v) is 8.98. The fourth-order valence-corrected chi connectivity index (χ4v) is 2.11. The number of carbonyl (C=O) groups is 1. The Kier molecular flexibility index (Phi) is 14.1. The molecular formula is C18H30ClIN4O3. The van der Waals surface area contributed by atoms with Gasteiger partial charge in [-0.1, -0.05) is 30.7 Å². The zero-order chi connectivity index (χ0) is 19.4. The Morgan fingerprint density at radius 1 is 1.30 bits per heavy atom. The van der Waals surface area contributed by atoms with Gasteiger partial charge < -0.3 is 25.0 Å². The maximum absolute atomic E-state index is 11.7. The lowest BCUT2D eigenvalue weighted by molar-refractivity contribution is -0.127. The van der Waals surface area contributed by atoms with Crippen molar-refractivity contribution >= 4 is 47.4 Å². The van der Waals surface area contributed by atoms with Gasteiger partial charge in [-0.05, 0) is 18.6 Å². The minimum atomic E-state index is -0.0890. The predicted molar refractivity (Wildman–Crippen MR) is 120 cm³/mol. The molecular weight excluding hydrogens is 483 g/mol. The summed E-state index contributed by atoms with van der Waals surface area (Å²) in [6.07, 6.45) is 0.703. The first kappa shape index (κ1) is 25.7. The highest BCUT2D eigenvalue weighted by molar-refractivity contribution is 14.0. The van der Waals surface area contributed by atoms with E-state index in [2.05, 4.69) is 15.6 Å². The number of ether oxygens (including phenoxy) is 2. The number of hydrogen-bond donors (Lipinski definition) is 2. The average molecular weight is 513 g/mol. The van der Waals surface area contributed by atoms with E-state index in [1.807, 2.05) is 25.1 Å². The van der Waals surface area contributed by atoms with Crippen LogP contribution in [-0.4, -0.2) is 70.3 Å². The Morgan fingerprint density at radius 3 is 2.59 bits per heavy atom. The van der Waals surface area contributed by atoms with E-state index in [9.17, 15) is 4.79 Å². The van der Waals surface area contributed by atoms with Gasteiger partial charge in [0.05, 0.1) is 18.2 Å². The van der Waals surface area contributed by atoms with Crippen molar-refractivity contribution in [3.8, 4) is 5.75 Å². The van der Waals surface area contributed by atoms with Crippen molar-refractivity contribution < 1.29 is 14.3 Å². The molecule has 0 aliphatic rings. The molecule has 1 aromatic carbocycles. The van der Waals surface area contributed by atoms with Gasteiger partial charge in [-0.2, -0.15) is 0 Å². The maximum atomic E-state index is 11.7. The quantitative estimate of drug-likeness (QED) is 0.218. The summed E-state index contributed by atoms with van der Waals surface area (Å²) in [5.74, 6) is 1.12. The van der Waals surface area contributed by atoms with Crippen LogP contribution in [0.2, 0.25) is 5.02 Å². The molecule has 0 heterocycles. The molecule has 0 fully saturated rings.